The maximum Gasteiger partial charge on any atom is 0.439 e. The molecule has 0 unspecified atom stereocenters. The molecule has 34 heavy (non-hydrogen) atoms. The number of rotatable bonds is 6. The van der Waals surface area contributed by atoms with Crippen molar-refractivity contribution in [2.24, 2.45) is 0 Å². The largest absolute Gasteiger partial charge is 0.454 e. The van der Waals surface area contributed by atoms with Crippen LogP contribution in [0.4, 0.5) is 13.2 Å². The highest BCUT2D eigenvalue weighted by Gasteiger charge is 2.65. The first kappa shape index (κ1) is 22.5. The number of aromatic amines is 1. The van der Waals surface area contributed by atoms with Gasteiger partial charge in [0.1, 0.15) is 11.3 Å². The highest BCUT2D eigenvalue weighted by molar-refractivity contribution is 6.37. The molecule has 0 radical (unpaired) electrons. The molecule has 0 atom stereocenters. The fraction of sp³-hybridized carbons (Fsp3) is 0.238. The Morgan fingerprint density at radius 2 is 1.91 bits per heavy atom. The van der Waals surface area contributed by atoms with E-state index >= 15 is 0 Å². The maximum atomic E-state index is 13.6. The van der Waals surface area contributed by atoms with Crippen molar-refractivity contribution in [1.29, 1.82) is 0 Å². The Balaban J connectivity index is 1.42. The second-order valence-electron chi connectivity index (χ2n) is 7.83. The minimum absolute atomic E-state index is 0.0207. The molecular formula is C21H13Cl2F3N4O4. The molecule has 0 bridgehead atoms. The summed E-state index contributed by atoms with van der Waals surface area (Å²) in [4.78, 5) is 29.5. The predicted molar refractivity (Wildman–Crippen MR) is 115 cm³/mol. The molecular weight excluding hydrogens is 500 g/mol. The zero-order valence-electron chi connectivity index (χ0n) is 16.9. The quantitative estimate of drug-likeness (QED) is 0.352. The average molecular weight is 513 g/mol. The van der Waals surface area contributed by atoms with E-state index in [1.807, 2.05) is 0 Å². The van der Waals surface area contributed by atoms with Crippen LogP contribution >= 0.6 is 23.2 Å². The van der Waals surface area contributed by atoms with Crippen molar-refractivity contribution in [3.8, 4) is 11.5 Å². The Hall–Kier alpha value is -3.31. The molecule has 5 rings (SSSR count). The van der Waals surface area contributed by atoms with Crippen LogP contribution < -0.4 is 10.5 Å². The van der Waals surface area contributed by atoms with Gasteiger partial charge in [0.25, 0.3) is 0 Å². The molecule has 1 N–H and O–H groups in total. The number of ketones is 1. The summed E-state index contributed by atoms with van der Waals surface area (Å²) < 4.78 is 52.1. The van der Waals surface area contributed by atoms with Gasteiger partial charge in [-0.3, -0.25) is 14.3 Å². The summed E-state index contributed by atoms with van der Waals surface area (Å²) in [5.74, 6) is -1.35. The van der Waals surface area contributed by atoms with Crippen LogP contribution in [0.2, 0.25) is 10.0 Å². The summed E-state index contributed by atoms with van der Waals surface area (Å²) >= 11 is 12.6. The molecule has 0 aliphatic heterocycles. The van der Waals surface area contributed by atoms with Crippen LogP contribution in [-0.4, -0.2) is 31.7 Å². The van der Waals surface area contributed by atoms with Gasteiger partial charge < -0.3 is 9.30 Å². The Morgan fingerprint density at radius 3 is 2.50 bits per heavy atom. The number of carbonyl (C=O) groups excluding carboxylic acids is 1. The van der Waals surface area contributed by atoms with Gasteiger partial charge in [-0.2, -0.15) is 13.2 Å². The van der Waals surface area contributed by atoms with Crippen LogP contribution in [0.1, 0.15) is 29.0 Å². The second-order valence-corrected chi connectivity index (χ2v) is 8.64. The summed E-state index contributed by atoms with van der Waals surface area (Å²) in [6.45, 7) is 0. The fourth-order valence-corrected chi connectivity index (χ4v) is 4.33. The third-order valence-corrected chi connectivity index (χ3v) is 6.14. The molecule has 0 spiro atoms. The van der Waals surface area contributed by atoms with E-state index in [-0.39, 0.29) is 52.1 Å². The van der Waals surface area contributed by atoms with Crippen molar-refractivity contribution in [2.75, 3.05) is 0 Å². The average Bonchev–Trinajstić information content (AvgIpc) is 3.29. The lowest BCUT2D eigenvalue weighted by molar-refractivity contribution is -0.178. The first-order chi connectivity index (χ1) is 16.1. The Bertz CT molecular complexity index is 1460. The minimum Gasteiger partial charge on any atom is -0.454 e. The molecule has 2 aromatic carbocycles. The lowest BCUT2D eigenvalue weighted by Crippen LogP contribution is -2.34. The van der Waals surface area contributed by atoms with Crippen molar-refractivity contribution in [2.45, 2.75) is 31.0 Å². The number of halogens is 5. The molecule has 0 amide bonds. The van der Waals surface area contributed by atoms with Crippen LogP contribution in [0.25, 0.3) is 11.0 Å². The van der Waals surface area contributed by atoms with Crippen LogP contribution in [0.3, 0.4) is 0 Å². The topological polar surface area (TPSA) is 103 Å². The first-order valence-electron chi connectivity index (χ1n) is 9.87. The Labute approximate surface area is 198 Å². The molecule has 8 nitrogen and oxygen atoms in total. The third kappa shape index (κ3) is 3.84. The molecule has 1 saturated carbocycles. The van der Waals surface area contributed by atoms with E-state index in [1.165, 1.54) is 30.6 Å². The van der Waals surface area contributed by atoms with Crippen molar-refractivity contribution < 1.29 is 27.2 Å². The smallest absolute Gasteiger partial charge is 0.439 e. The number of ether oxygens (including phenoxy) is 1. The highest BCUT2D eigenvalue weighted by atomic mass is 35.5. The predicted octanol–water partition coefficient (Wildman–Crippen LogP) is 5.29. The minimum atomic E-state index is -4.41. The van der Waals surface area contributed by atoms with Gasteiger partial charge in [-0.25, -0.2) is 9.78 Å². The van der Waals surface area contributed by atoms with E-state index in [9.17, 15) is 22.8 Å². The molecule has 0 saturated heterocycles. The van der Waals surface area contributed by atoms with Gasteiger partial charge >= 0.3 is 11.9 Å². The van der Waals surface area contributed by atoms with E-state index in [0.29, 0.717) is 11.1 Å². The molecule has 2 heterocycles. The highest BCUT2D eigenvalue weighted by Crippen LogP contribution is 2.56. The first-order valence-corrected chi connectivity index (χ1v) is 10.6. The normalized spacial score (nSPS) is 15.0. The summed E-state index contributed by atoms with van der Waals surface area (Å²) in [6, 6.07) is 7.42. The van der Waals surface area contributed by atoms with Gasteiger partial charge in [-0.15, -0.1) is 0 Å². The lowest BCUT2D eigenvalue weighted by Gasteiger charge is -2.21. The van der Waals surface area contributed by atoms with Crippen LogP contribution in [-0.2, 0) is 12.0 Å². The number of alkyl halides is 3. The van der Waals surface area contributed by atoms with E-state index in [1.54, 1.807) is 6.07 Å². The number of imidazole rings is 1. The number of nitrogens with one attached hydrogen (secondary N) is 1. The van der Waals surface area contributed by atoms with Crippen LogP contribution in [0.15, 0.2) is 46.0 Å². The molecule has 1 fully saturated rings. The zero-order chi connectivity index (χ0) is 24.3. The number of carbonyl (C=O) groups is 1. The van der Waals surface area contributed by atoms with Crippen molar-refractivity contribution >= 4 is 40.0 Å². The van der Waals surface area contributed by atoms with Crippen molar-refractivity contribution in [1.82, 2.24) is 19.7 Å². The number of benzene rings is 2. The van der Waals surface area contributed by atoms with E-state index < -0.39 is 23.3 Å². The third-order valence-electron chi connectivity index (χ3n) is 5.58. The second kappa shape index (κ2) is 7.88. The van der Waals surface area contributed by atoms with Gasteiger partial charge in [-0.1, -0.05) is 28.4 Å². The van der Waals surface area contributed by atoms with Crippen molar-refractivity contribution in [3.05, 3.63) is 68.6 Å². The number of hydrogen-bond donors (Lipinski definition) is 1. The van der Waals surface area contributed by atoms with E-state index in [2.05, 4.69) is 19.6 Å². The Kier molecular flexibility index (Phi) is 5.21. The monoisotopic (exact) mass is 512 g/mol. The summed E-state index contributed by atoms with van der Waals surface area (Å²) in [7, 11) is 0. The van der Waals surface area contributed by atoms with Gasteiger partial charge in [0.2, 0.25) is 11.6 Å². The Morgan fingerprint density at radius 1 is 1.21 bits per heavy atom. The van der Waals surface area contributed by atoms with E-state index in [4.69, 9.17) is 27.9 Å². The molecule has 13 heteroatoms. The van der Waals surface area contributed by atoms with Crippen molar-refractivity contribution in [3.63, 3.8) is 0 Å². The van der Waals surface area contributed by atoms with Gasteiger partial charge in [0.05, 0.1) is 27.4 Å². The van der Waals surface area contributed by atoms with Gasteiger partial charge in [0.15, 0.2) is 5.75 Å². The molecule has 1 aliphatic carbocycles. The summed E-state index contributed by atoms with van der Waals surface area (Å²) in [6.07, 6.45) is -3.44. The number of Topliss-reactive ketones (excluding diaryl/α,β-unsaturated/α-hetero) is 1. The zero-order valence-corrected chi connectivity index (χ0v) is 18.5. The summed E-state index contributed by atoms with van der Waals surface area (Å²) in [5.41, 5.74) is -0.883. The molecule has 4 aromatic rings. The van der Waals surface area contributed by atoms with Gasteiger partial charge in [0, 0.05) is 12.5 Å². The summed E-state index contributed by atoms with van der Waals surface area (Å²) in [5, 5.41) is 3.48. The SMILES string of the molecule is O=C(Cc1cc(Cl)c(Oc2ccc3ncn(C4(C(F)(F)F)CC4)c3c2)c(Cl)c1)c1noc(=O)[nH]1. The number of nitrogens with zero attached hydrogens (tertiary/aromatic N) is 3. The van der Waals surface area contributed by atoms with Crippen LogP contribution in [0.5, 0.6) is 11.5 Å². The standard InChI is InChI=1S/C21H13Cl2F3N4O4/c22-12-5-10(7-16(31)18-28-19(32)34-29-18)6-13(23)17(12)33-11-1-2-14-15(8-11)30(9-27-14)20(3-4-20)21(24,25)26/h1-2,5-6,8-9H,3-4,7H2,(H,28,29,32). The molecule has 2 aromatic heterocycles. The molecule has 176 valence electrons. The maximum absolute atomic E-state index is 13.6. The lowest BCUT2D eigenvalue weighted by atomic mass is 10.1. The molecule has 1 aliphatic rings. The van der Waals surface area contributed by atoms with Gasteiger partial charge in [-0.05, 0) is 42.7 Å². The number of hydrogen-bond acceptors (Lipinski definition) is 6. The van der Waals surface area contributed by atoms with Crippen LogP contribution in [0, 0.1) is 0 Å². The fourth-order valence-electron chi connectivity index (χ4n) is 3.72. The number of H-pyrrole nitrogens is 1. The van der Waals surface area contributed by atoms with E-state index in [0.717, 1.165) is 4.57 Å². The number of fused-ring (bicyclic) bond motifs is 1. The number of aromatic nitrogens is 4.